The van der Waals surface area contributed by atoms with E-state index in [1.807, 2.05) is 0 Å². The molecule has 0 atom stereocenters. The van der Waals surface area contributed by atoms with Crippen LogP contribution in [0.4, 0.5) is 0 Å². The minimum Gasteiger partial charge on any atom is -0.308 e. The molecule has 64 heavy (non-hydrogen) atoms. The van der Waals surface area contributed by atoms with Gasteiger partial charge < -0.3 is 8.80 Å². The van der Waals surface area contributed by atoms with Gasteiger partial charge in [-0.1, -0.05) is 95.2 Å². The van der Waals surface area contributed by atoms with Crippen molar-refractivity contribution in [3.05, 3.63) is 93.0 Å². The molecular formula is C60H64N2O2. The number of carbonyl (C=O) groups is 2. The minimum atomic E-state index is -0.133. The number of hydrogen-bond donors (Lipinski definition) is 0. The lowest BCUT2D eigenvalue weighted by Crippen LogP contribution is -2.17. The highest BCUT2D eigenvalue weighted by Crippen LogP contribution is 2.55. The van der Waals surface area contributed by atoms with Gasteiger partial charge in [0, 0.05) is 66.1 Å². The van der Waals surface area contributed by atoms with Gasteiger partial charge in [0.15, 0.2) is 11.6 Å². The first-order valence-corrected chi connectivity index (χ1v) is 24.8. The number of nitrogens with zero attached hydrogens (tertiary/aromatic N) is 2. The Hall–Kier alpha value is -4.96. The van der Waals surface area contributed by atoms with E-state index in [4.69, 9.17) is 0 Å². The number of hydrogen-bond acceptors (Lipinski definition) is 2. The molecule has 5 aromatic carbocycles. The Labute approximate surface area is 377 Å². The van der Waals surface area contributed by atoms with E-state index in [2.05, 4.69) is 140 Å². The summed E-state index contributed by atoms with van der Waals surface area (Å²) in [5.41, 5.74) is 17.0. The van der Waals surface area contributed by atoms with Gasteiger partial charge in [-0.15, -0.1) is 0 Å². The van der Waals surface area contributed by atoms with Crippen LogP contribution >= 0.6 is 0 Å². The second-order valence-corrected chi connectivity index (χ2v) is 25.4. The third kappa shape index (κ3) is 4.91. The van der Waals surface area contributed by atoms with E-state index in [9.17, 15) is 9.59 Å². The quantitative estimate of drug-likeness (QED) is 0.153. The van der Waals surface area contributed by atoms with E-state index in [1.165, 1.54) is 110 Å². The van der Waals surface area contributed by atoms with Crippen molar-refractivity contribution in [2.75, 3.05) is 0 Å². The van der Waals surface area contributed by atoms with Crippen molar-refractivity contribution < 1.29 is 9.59 Å². The summed E-state index contributed by atoms with van der Waals surface area (Å²) >= 11 is 0. The molecule has 0 radical (unpaired) electrons. The molecule has 4 aromatic heterocycles. The molecule has 4 heteroatoms. The largest absolute Gasteiger partial charge is 0.308 e. The standard InChI is InChI=1S/C60H64N2O2/c1-57(2,3)41-27-43(59(7,8)9)51-39-25-48-40(26-47(39)61-45-23-35-33(21-37(45)49(41)53(51)61)29-13-17-31(18-14-29)55(35)63)52-44(60(10,11)12)28-42(58(4,5)6)50-38-22-34-30-15-19-32(20-16-30)56(64)36(34)24-46(38)62(48)54(50)52/h21-32H,13-20H2,1-12H3. The Bertz CT molecular complexity index is 3340. The third-order valence-electron chi connectivity index (χ3n) is 17.4. The number of fused-ring (bicyclic) bond motifs is 16. The summed E-state index contributed by atoms with van der Waals surface area (Å²) in [6, 6.07) is 19.8. The van der Waals surface area contributed by atoms with Crippen LogP contribution in [0.3, 0.4) is 0 Å². The van der Waals surface area contributed by atoms with Crippen LogP contribution in [0.5, 0.6) is 0 Å². The van der Waals surface area contributed by atoms with E-state index < -0.39 is 0 Å². The summed E-state index contributed by atoms with van der Waals surface area (Å²) in [5.74, 6) is 1.90. The number of Topliss-reactive ketones (excluding diaryl/α,β-unsaturated/α-hetero) is 2. The third-order valence-corrected chi connectivity index (χ3v) is 17.4. The molecule has 2 saturated carbocycles. The van der Waals surface area contributed by atoms with Gasteiger partial charge in [-0.05, 0) is 155 Å². The van der Waals surface area contributed by atoms with Crippen molar-refractivity contribution in [1.29, 1.82) is 0 Å². The van der Waals surface area contributed by atoms with Crippen molar-refractivity contribution in [2.24, 2.45) is 11.8 Å². The molecule has 4 bridgehead atoms. The molecule has 4 heterocycles. The van der Waals surface area contributed by atoms with Crippen LogP contribution in [-0.2, 0) is 21.7 Å². The topological polar surface area (TPSA) is 43.0 Å². The Morgan fingerprint density at radius 2 is 0.625 bits per heavy atom. The molecule has 0 saturated heterocycles. The van der Waals surface area contributed by atoms with E-state index in [0.717, 1.165) is 62.5 Å². The van der Waals surface area contributed by atoms with Crippen molar-refractivity contribution >= 4 is 87.8 Å². The van der Waals surface area contributed by atoms with Crippen LogP contribution < -0.4 is 0 Å². The van der Waals surface area contributed by atoms with Gasteiger partial charge in [0.2, 0.25) is 0 Å². The Morgan fingerprint density at radius 1 is 0.359 bits per heavy atom. The highest BCUT2D eigenvalue weighted by Gasteiger charge is 2.40. The van der Waals surface area contributed by atoms with Crippen LogP contribution in [0, 0.1) is 11.8 Å². The highest BCUT2D eigenvalue weighted by molar-refractivity contribution is 6.31. The average Bonchev–Trinajstić information content (AvgIpc) is 3.86. The maximum Gasteiger partial charge on any atom is 0.166 e. The predicted molar refractivity (Wildman–Crippen MR) is 269 cm³/mol. The predicted octanol–water partition coefficient (Wildman–Crippen LogP) is 16.1. The molecule has 0 amide bonds. The van der Waals surface area contributed by atoms with E-state index in [-0.39, 0.29) is 33.5 Å². The molecule has 6 aliphatic carbocycles. The number of carbonyl (C=O) groups excluding carboxylic acids is 2. The van der Waals surface area contributed by atoms with Crippen molar-refractivity contribution in [3.8, 4) is 0 Å². The maximum absolute atomic E-state index is 14.5. The maximum atomic E-state index is 14.5. The van der Waals surface area contributed by atoms with Crippen molar-refractivity contribution in [1.82, 2.24) is 8.80 Å². The molecule has 0 unspecified atom stereocenters. The summed E-state index contributed by atoms with van der Waals surface area (Å²) in [4.78, 5) is 28.9. The summed E-state index contributed by atoms with van der Waals surface area (Å²) in [6.45, 7) is 28.5. The average molecular weight is 845 g/mol. The number of aromatic nitrogens is 2. The summed E-state index contributed by atoms with van der Waals surface area (Å²) in [7, 11) is 0. The van der Waals surface area contributed by atoms with Crippen LogP contribution in [-0.4, -0.2) is 20.4 Å². The zero-order valence-corrected chi connectivity index (χ0v) is 40.3. The zero-order chi connectivity index (χ0) is 44.6. The molecule has 326 valence electrons. The van der Waals surface area contributed by atoms with Crippen molar-refractivity contribution in [2.45, 2.75) is 168 Å². The zero-order valence-electron chi connectivity index (χ0n) is 40.3. The first kappa shape index (κ1) is 39.4. The Kier molecular flexibility index (Phi) is 7.44. The molecule has 15 rings (SSSR count). The van der Waals surface area contributed by atoms with Gasteiger partial charge in [0.1, 0.15) is 0 Å². The van der Waals surface area contributed by atoms with Gasteiger partial charge in [0.05, 0.1) is 33.1 Å². The lowest BCUT2D eigenvalue weighted by Gasteiger charge is -2.27. The lowest BCUT2D eigenvalue weighted by atomic mass is 9.76. The van der Waals surface area contributed by atoms with Gasteiger partial charge in [-0.2, -0.15) is 0 Å². The summed E-state index contributed by atoms with van der Waals surface area (Å²) < 4.78 is 5.19. The smallest absolute Gasteiger partial charge is 0.166 e. The Morgan fingerprint density at radius 3 is 0.922 bits per heavy atom. The first-order valence-electron chi connectivity index (χ1n) is 24.8. The molecule has 6 aliphatic rings. The summed E-state index contributed by atoms with van der Waals surface area (Å²) in [5, 5.41) is 10.5. The van der Waals surface area contributed by atoms with Gasteiger partial charge >= 0.3 is 0 Å². The fourth-order valence-electron chi connectivity index (χ4n) is 14.2. The monoisotopic (exact) mass is 844 g/mol. The van der Waals surface area contributed by atoms with Crippen LogP contribution in [0.15, 0.2) is 48.5 Å². The number of rotatable bonds is 0. The van der Waals surface area contributed by atoms with Gasteiger partial charge in [-0.25, -0.2) is 0 Å². The number of ketones is 2. The number of benzene rings is 5. The molecule has 9 aromatic rings. The second kappa shape index (κ2) is 12.1. The van der Waals surface area contributed by atoms with Gasteiger partial charge in [-0.3, -0.25) is 9.59 Å². The SMILES string of the molecule is CC(C)(C)c1cc(C(C)(C)C)c2c3cc4c(cc3n3c5cc6c(cc5c1c23)C1CCC(CC1)C6=O)c1c(C(C)(C)C)cc(C(C)(C)C)c2c3cc5c(cc3n4c21)C(=O)C1CCC5CC1. The van der Waals surface area contributed by atoms with E-state index in [0.29, 0.717) is 23.4 Å². The molecular weight excluding hydrogens is 781 g/mol. The van der Waals surface area contributed by atoms with Crippen LogP contribution in [0.25, 0.3) is 76.2 Å². The molecule has 2 fully saturated rings. The van der Waals surface area contributed by atoms with E-state index in [1.54, 1.807) is 0 Å². The molecule has 0 spiro atoms. The summed E-state index contributed by atoms with van der Waals surface area (Å²) in [6.07, 6.45) is 8.49. The fourth-order valence-corrected chi connectivity index (χ4v) is 14.2. The molecule has 0 N–H and O–H groups in total. The fraction of sp³-hybridized carbons (Fsp3) is 0.467. The van der Waals surface area contributed by atoms with Crippen molar-refractivity contribution in [3.63, 3.8) is 0 Å². The minimum absolute atomic E-state index is 0.106. The second-order valence-electron chi connectivity index (χ2n) is 25.4. The highest BCUT2D eigenvalue weighted by atomic mass is 16.1. The van der Waals surface area contributed by atoms with Crippen LogP contribution in [0.2, 0.25) is 0 Å². The first-order chi connectivity index (χ1) is 30.1. The lowest BCUT2D eigenvalue weighted by molar-refractivity contribution is 0.0891. The normalized spacial score (nSPS) is 22.2. The molecule has 0 aliphatic heterocycles. The van der Waals surface area contributed by atoms with Gasteiger partial charge in [0.25, 0.3) is 0 Å². The molecule has 4 nitrogen and oxygen atoms in total. The Balaban J connectivity index is 1.27. The van der Waals surface area contributed by atoms with Crippen LogP contribution in [0.1, 0.15) is 200 Å². The van der Waals surface area contributed by atoms with E-state index >= 15 is 0 Å².